The minimum absolute atomic E-state index is 0.193. The summed E-state index contributed by atoms with van der Waals surface area (Å²) in [6, 6.07) is 9.44. The van der Waals surface area contributed by atoms with E-state index in [0.717, 1.165) is 31.2 Å². The Kier molecular flexibility index (Phi) is 7.40. The number of carbonyl (C=O) groups is 2. The molecular weight excluding hydrogens is 254 g/mol. The molecule has 0 aliphatic heterocycles. The monoisotopic (exact) mass is 277 g/mol. The van der Waals surface area contributed by atoms with E-state index in [1.54, 1.807) is 0 Å². The molecule has 0 aliphatic rings. The van der Waals surface area contributed by atoms with E-state index in [1.165, 1.54) is 11.8 Å². The second-order valence-corrected chi connectivity index (χ2v) is 4.77. The van der Waals surface area contributed by atoms with Crippen LogP contribution in [0, 0.1) is 0 Å². The van der Waals surface area contributed by atoms with Gasteiger partial charge in [0.1, 0.15) is 6.61 Å². The second kappa shape index (κ2) is 9.13. The van der Waals surface area contributed by atoms with Crippen LogP contribution in [-0.2, 0) is 16.1 Å². The summed E-state index contributed by atoms with van der Waals surface area (Å²) in [6.07, 6.45) is 3.53. The van der Waals surface area contributed by atoms with Crippen LogP contribution in [0.5, 0.6) is 0 Å². The largest absolute Gasteiger partial charge is 0.444 e. The summed E-state index contributed by atoms with van der Waals surface area (Å²) in [4.78, 5) is 24.6. The third kappa shape index (κ3) is 5.87. The maximum atomic E-state index is 11.9. The number of ether oxygens (including phenoxy) is 1. The maximum Gasteiger partial charge on any atom is 0.416 e. The fraction of sp³-hybridized carbons (Fsp3) is 0.500. The van der Waals surface area contributed by atoms with Crippen LogP contribution in [0.25, 0.3) is 0 Å². The standard InChI is InChI=1S/C16H23NO3/c1-3-4-5-9-12-17(14(2)18)16(19)20-13-15-10-7-6-8-11-15/h6-8,10-11H,3-5,9,12-13H2,1-2H3. The summed E-state index contributed by atoms with van der Waals surface area (Å²) in [6.45, 7) is 4.14. The average molecular weight is 277 g/mol. The van der Waals surface area contributed by atoms with Crippen LogP contribution in [0.3, 0.4) is 0 Å². The Labute approximate surface area is 120 Å². The van der Waals surface area contributed by atoms with E-state index >= 15 is 0 Å². The number of imide groups is 1. The minimum atomic E-state index is -0.558. The highest BCUT2D eigenvalue weighted by atomic mass is 16.6. The Balaban J connectivity index is 2.41. The lowest BCUT2D eigenvalue weighted by molar-refractivity contribution is -0.127. The van der Waals surface area contributed by atoms with Crippen molar-refractivity contribution in [2.45, 2.75) is 46.1 Å². The smallest absolute Gasteiger partial charge is 0.416 e. The number of rotatable bonds is 7. The number of hydrogen-bond acceptors (Lipinski definition) is 3. The first-order valence-electron chi connectivity index (χ1n) is 7.14. The molecule has 0 unspecified atom stereocenters. The van der Waals surface area contributed by atoms with E-state index in [9.17, 15) is 9.59 Å². The third-order valence-corrected chi connectivity index (χ3v) is 3.04. The molecule has 20 heavy (non-hydrogen) atoms. The zero-order valence-corrected chi connectivity index (χ0v) is 12.3. The molecule has 0 saturated heterocycles. The van der Waals surface area contributed by atoms with Gasteiger partial charge >= 0.3 is 6.09 Å². The lowest BCUT2D eigenvalue weighted by atomic mass is 10.2. The van der Waals surface area contributed by atoms with E-state index < -0.39 is 6.09 Å². The van der Waals surface area contributed by atoms with Crippen LogP contribution in [0.1, 0.15) is 45.1 Å². The number of hydrogen-bond donors (Lipinski definition) is 0. The van der Waals surface area contributed by atoms with Gasteiger partial charge in [-0.15, -0.1) is 0 Å². The van der Waals surface area contributed by atoms with Crippen LogP contribution in [0.4, 0.5) is 4.79 Å². The van der Waals surface area contributed by atoms with Crippen molar-refractivity contribution in [1.29, 1.82) is 0 Å². The molecule has 4 nitrogen and oxygen atoms in total. The van der Waals surface area contributed by atoms with Crippen molar-refractivity contribution in [3.05, 3.63) is 35.9 Å². The van der Waals surface area contributed by atoms with E-state index in [0.29, 0.717) is 6.54 Å². The Morgan fingerprint density at radius 3 is 2.40 bits per heavy atom. The molecule has 1 aromatic rings. The first kappa shape index (κ1) is 16.2. The van der Waals surface area contributed by atoms with E-state index in [2.05, 4.69) is 6.92 Å². The van der Waals surface area contributed by atoms with E-state index in [-0.39, 0.29) is 12.5 Å². The molecule has 1 rings (SSSR count). The first-order valence-corrected chi connectivity index (χ1v) is 7.14. The van der Waals surface area contributed by atoms with Crippen LogP contribution >= 0.6 is 0 Å². The molecule has 110 valence electrons. The van der Waals surface area contributed by atoms with Crippen LogP contribution in [0.15, 0.2) is 30.3 Å². The molecular formula is C16H23NO3. The molecule has 0 saturated carbocycles. The number of carbonyl (C=O) groups excluding carboxylic acids is 2. The Hall–Kier alpha value is -1.84. The van der Waals surface area contributed by atoms with Crippen molar-refractivity contribution in [3.63, 3.8) is 0 Å². The molecule has 0 heterocycles. The summed E-state index contributed by atoms with van der Waals surface area (Å²) in [7, 11) is 0. The molecule has 1 aromatic carbocycles. The van der Waals surface area contributed by atoms with Crippen LogP contribution in [0.2, 0.25) is 0 Å². The van der Waals surface area contributed by atoms with Crippen molar-refractivity contribution in [3.8, 4) is 0 Å². The Bertz CT molecular complexity index is 417. The van der Waals surface area contributed by atoms with Crippen LogP contribution in [-0.4, -0.2) is 23.4 Å². The molecule has 0 aromatic heterocycles. The maximum absolute atomic E-state index is 11.9. The quantitative estimate of drug-likeness (QED) is 0.713. The van der Waals surface area contributed by atoms with Crippen molar-refractivity contribution < 1.29 is 14.3 Å². The summed E-state index contributed by atoms with van der Waals surface area (Å²) < 4.78 is 5.17. The second-order valence-electron chi connectivity index (χ2n) is 4.77. The molecule has 4 heteroatoms. The van der Waals surface area contributed by atoms with Gasteiger partial charge in [0, 0.05) is 13.5 Å². The van der Waals surface area contributed by atoms with Crippen LogP contribution < -0.4 is 0 Å². The predicted molar refractivity (Wildman–Crippen MR) is 78.2 cm³/mol. The minimum Gasteiger partial charge on any atom is -0.444 e. The highest BCUT2D eigenvalue weighted by molar-refractivity contribution is 5.90. The molecule has 2 amide bonds. The zero-order chi connectivity index (χ0) is 14.8. The lowest BCUT2D eigenvalue weighted by Gasteiger charge is -2.18. The predicted octanol–water partition coefficient (Wildman–Crippen LogP) is 3.75. The van der Waals surface area contributed by atoms with E-state index in [4.69, 9.17) is 4.74 Å². The van der Waals surface area contributed by atoms with Gasteiger partial charge in [-0.25, -0.2) is 9.69 Å². The zero-order valence-electron chi connectivity index (χ0n) is 12.3. The Morgan fingerprint density at radius 1 is 1.10 bits per heavy atom. The van der Waals surface area contributed by atoms with Gasteiger partial charge in [-0.05, 0) is 12.0 Å². The van der Waals surface area contributed by atoms with Gasteiger partial charge < -0.3 is 4.74 Å². The van der Waals surface area contributed by atoms with Gasteiger partial charge in [-0.3, -0.25) is 4.79 Å². The highest BCUT2D eigenvalue weighted by Crippen LogP contribution is 2.06. The average Bonchev–Trinajstić information content (AvgIpc) is 2.45. The summed E-state index contributed by atoms with van der Waals surface area (Å²) in [5.41, 5.74) is 0.912. The fourth-order valence-corrected chi connectivity index (χ4v) is 1.87. The van der Waals surface area contributed by atoms with Gasteiger partial charge in [-0.2, -0.15) is 0 Å². The number of amides is 2. The van der Waals surface area contributed by atoms with Gasteiger partial charge in [0.05, 0.1) is 0 Å². The number of benzene rings is 1. The van der Waals surface area contributed by atoms with Gasteiger partial charge in [0.15, 0.2) is 0 Å². The summed E-state index contributed by atoms with van der Waals surface area (Å²) in [5.74, 6) is -0.264. The summed E-state index contributed by atoms with van der Waals surface area (Å²) >= 11 is 0. The topological polar surface area (TPSA) is 46.6 Å². The first-order chi connectivity index (χ1) is 9.65. The normalized spacial score (nSPS) is 10.1. The van der Waals surface area contributed by atoms with Gasteiger partial charge in [0.2, 0.25) is 5.91 Å². The SMILES string of the molecule is CCCCCCN(C(C)=O)C(=O)OCc1ccccc1. The number of nitrogens with zero attached hydrogens (tertiary/aromatic N) is 1. The van der Waals surface area contributed by atoms with E-state index in [1.807, 2.05) is 30.3 Å². The fourth-order valence-electron chi connectivity index (χ4n) is 1.87. The van der Waals surface area contributed by atoms with Crippen molar-refractivity contribution in [2.75, 3.05) is 6.54 Å². The molecule has 0 bridgehead atoms. The van der Waals surface area contributed by atoms with Crippen molar-refractivity contribution >= 4 is 12.0 Å². The highest BCUT2D eigenvalue weighted by Gasteiger charge is 2.18. The number of unbranched alkanes of at least 4 members (excludes halogenated alkanes) is 3. The molecule has 0 atom stereocenters. The van der Waals surface area contributed by atoms with Gasteiger partial charge in [0.25, 0.3) is 0 Å². The Morgan fingerprint density at radius 2 is 1.80 bits per heavy atom. The molecule has 0 fully saturated rings. The molecule has 0 N–H and O–H groups in total. The molecule has 0 aliphatic carbocycles. The lowest BCUT2D eigenvalue weighted by Crippen LogP contribution is -2.36. The molecule has 0 radical (unpaired) electrons. The molecule has 0 spiro atoms. The third-order valence-electron chi connectivity index (χ3n) is 3.04. The van der Waals surface area contributed by atoms with Crippen molar-refractivity contribution in [1.82, 2.24) is 4.90 Å². The van der Waals surface area contributed by atoms with Gasteiger partial charge in [-0.1, -0.05) is 56.5 Å². The summed E-state index contributed by atoms with van der Waals surface area (Å²) in [5, 5.41) is 0. The van der Waals surface area contributed by atoms with Crippen molar-refractivity contribution in [2.24, 2.45) is 0 Å².